The highest BCUT2D eigenvalue weighted by Gasteiger charge is 2.19. The van der Waals surface area contributed by atoms with Gasteiger partial charge in [0.05, 0.1) is 12.1 Å². The molecule has 2 amide bonds. The molecule has 184 valence electrons. The Balaban J connectivity index is 0.000000607. The van der Waals surface area contributed by atoms with E-state index >= 15 is 0 Å². The summed E-state index contributed by atoms with van der Waals surface area (Å²) >= 11 is 11.6. The lowest BCUT2D eigenvalue weighted by Gasteiger charge is -2.20. The molecule has 0 aliphatic carbocycles. The number of aromatic nitrogens is 2. The van der Waals surface area contributed by atoms with Crippen molar-refractivity contribution in [1.29, 1.82) is 0 Å². The molecule has 0 atom stereocenters. The van der Waals surface area contributed by atoms with Crippen LogP contribution in [-0.2, 0) is 9.47 Å². The van der Waals surface area contributed by atoms with Crippen molar-refractivity contribution >= 4 is 47.0 Å². The van der Waals surface area contributed by atoms with Gasteiger partial charge in [-0.15, -0.1) is 0 Å². The predicted octanol–water partition coefficient (Wildman–Crippen LogP) is 6.81. The van der Waals surface area contributed by atoms with E-state index in [4.69, 9.17) is 37.4 Å². The first-order valence-electron chi connectivity index (χ1n) is 9.50. The maximum Gasteiger partial charge on any atom is 0.413 e. The van der Waals surface area contributed by atoms with Gasteiger partial charge in [-0.2, -0.15) is 0 Å². The van der Waals surface area contributed by atoms with Crippen molar-refractivity contribution in [2.45, 2.75) is 60.2 Å². The molecule has 0 unspecified atom stereocenters. The number of amides is 2. The van der Waals surface area contributed by atoms with Crippen LogP contribution in [0.25, 0.3) is 0 Å². The Bertz CT molecular complexity index is 928. The highest BCUT2D eigenvalue weighted by atomic mass is 35.5. The molecule has 2 heterocycles. The second-order valence-corrected chi connectivity index (χ2v) is 9.13. The van der Waals surface area contributed by atoms with Crippen molar-refractivity contribution in [2.24, 2.45) is 0 Å². The normalized spacial score (nSPS) is 10.6. The molecule has 9 nitrogen and oxygen atoms in total. The standard InChI is InChI=1S/C11H15ClN2O3.C10H13ClN2O2.CH4/c1-11(2,3)17-10(15)14-9-8(16-4)7(12)5-6-13-9;1-10(2,3)15-9(14)13-8-6-7(11)4-5-12-8;/h5-6H,1-4H3,(H,13,14,15);4-6H,1-3H3,(H,12,13,14);1H4. The third-order valence-electron chi connectivity index (χ3n) is 3.03. The van der Waals surface area contributed by atoms with Crippen LogP contribution in [0.1, 0.15) is 49.0 Å². The van der Waals surface area contributed by atoms with Crippen LogP contribution in [0.3, 0.4) is 0 Å². The quantitative estimate of drug-likeness (QED) is 0.473. The van der Waals surface area contributed by atoms with Crippen molar-refractivity contribution in [3.8, 4) is 5.75 Å². The summed E-state index contributed by atoms with van der Waals surface area (Å²) in [7, 11) is 1.45. The largest absolute Gasteiger partial charge is 0.491 e. The molecule has 2 rings (SSSR count). The summed E-state index contributed by atoms with van der Waals surface area (Å²) in [5, 5.41) is 5.84. The van der Waals surface area contributed by atoms with Crippen molar-refractivity contribution in [3.05, 3.63) is 40.6 Å². The molecule has 11 heteroatoms. The summed E-state index contributed by atoms with van der Waals surface area (Å²) in [5.41, 5.74) is -1.10. The summed E-state index contributed by atoms with van der Waals surface area (Å²) in [6.45, 7) is 10.7. The van der Waals surface area contributed by atoms with Gasteiger partial charge in [-0.05, 0) is 59.7 Å². The lowest BCUT2D eigenvalue weighted by molar-refractivity contribution is 0.0623. The Kier molecular flexibility index (Phi) is 12.0. The number of ether oxygens (including phenoxy) is 3. The molecular weight excluding hydrogens is 471 g/mol. The van der Waals surface area contributed by atoms with Gasteiger partial charge in [0.1, 0.15) is 17.0 Å². The van der Waals surface area contributed by atoms with Crippen LogP contribution in [0.4, 0.5) is 21.2 Å². The number of hydrogen-bond donors (Lipinski definition) is 2. The molecule has 0 bridgehead atoms. The maximum absolute atomic E-state index is 11.5. The molecule has 0 spiro atoms. The van der Waals surface area contributed by atoms with Gasteiger partial charge in [-0.1, -0.05) is 30.6 Å². The van der Waals surface area contributed by atoms with E-state index in [1.54, 1.807) is 59.7 Å². The maximum atomic E-state index is 11.5. The Morgan fingerprint density at radius 3 is 1.88 bits per heavy atom. The zero-order valence-electron chi connectivity index (χ0n) is 19.1. The van der Waals surface area contributed by atoms with Crippen molar-refractivity contribution in [1.82, 2.24) is 9.97 Å². The molecule has 0 aliphatic heterocycles. The molecule has 0 saturated carbocycles. The number of halogens is 2. The Labute approximate surface area is 205 Å². The van der Waals surface area contributed by atoms with Crippen molar-refractivity contribution < 1.29 is 23.8 Å². The van der Waals surface area contributed by atoms with E-state index in [1.165, 1.54) is 19.5 Å². The summed E-state index contributed by atoms with van der Waals surface area (Å²) in [4.78, 5) is 30.7. The lowest BCUT2D eigenvalue weighted by Crippen LogP contribution is -2.27. The monoisotopic (exact) mass is 502 g/mol. The number of nitrogens with one attached hydrogen (secondary N) is 2. The summed E-state index contributed by atoms with van der Waals surface area (Å²) < 4.78 is 15.2. The SMILES string of the molecule is C.CC(C)(C)OC(=O)Nc1cc(Cl)ccn1.COc1c(Cl)ccnc1NC(=O)OC(C)(C)C. The molecule has 0 aromatic carbocycles. The molecule has 0 fully saturated rings. The van der Waals surface area contributed by atoms with E-state index in [-0.39, 0.29) is 13.2 Å². The third-order valence-corrected chi connectivity index (χ3v) is 3.56. The minimum Gasteiger partial charge on any atom is -0.491 e. The smallest absolute Gasteiger partial charge is 0.413 e. The average Bonchev–Trinajstić information content (AvgIpc) is 2.59. The summed E-state index contributed by atoms with van der Waals surface area (Å²) in [5.74, 6) is 0.908. The molecule has 2 aromatic heterocycles. The van der Waals surface area contributed by atoms with E-state index in [0.717, 1.165) is 0 Å². The van der Waals surface area contributed by atoms with E-state index in [9.17, 15) is 9.59 Å². The Hall–Kier alpha value is -2.78. The number of hydrogen-bond acceptors (Lipinski definition) is 7. The number of rotatable bonds is 3. The van der Waals surface area contributed by atoms with Gasteiger partial charge in [0.25, 0.3) is 0 Å². The first kappa shape index (κ1) is 30.2. The van der Waals surface area contributed by atoms with Crippen LogP contribution in [0.5, 0.6) is 5.75 Å². The number of anilines is 2. The predicted molar refractivity (Wildman–Crippen MR) is 131 cm³/mol. The summed E-state index contributed by atoms with van der Waals surface area (Å²) in [6, 6.07) is 4.74. The molecule has 2 aromatic rings. The van der Waals surface area contributed by atoms with Gasteiger partial charge >= 0.3 is 12.2 Å². The van der Waals surface area contributed by atoms with Gasteiger partial charge in [-0.25, -0.2) is 19.6 Å². The number of methoxy groups -OCH3 is 1. The second-order valence-electron chi connectivity index (χ2n) is 8.29. The first-order chi connectivity index (χ1) is 14.7. The topological polar surface area (TPSA) is 112 Å². The van der Waals surface area contributed by atoms with Gasteiger partial charge < -0.3 is 14.2 Å². The van der Waals surface area contributed by atoms with Crippen LogP contribution in [0.15, 0.2) is 30.6 Å². The Morgan fingerprint density at radius 1 is 0.879 bits per heavy atom. The number of nitrogens with zero attached hydrogens (tertiary/aromatic N) is 2. The van der Waals surface area contributed by atoms with Crippen LogP contribution >= 0.6 is 23.2 Å². The van der Waals surface area contributed by atoms with Crippen LogP contribution < -0.4 is 15.4 Å². The number of pyridine rings is 2. The fraction of sp³-hybridized carbons (Fsp3) is 0.455. The number of carbonyl (C=O) groups is 2. The van der Waals surface area contributed by atoms with Crippen LogP contribution in [-0.4, -0.2) is 40.5 Å². The molecule has 33 heavy (non-hydrogen) atoms. The minimum atomic E-state index is -0.606. The van der Waals surface area contributed by atoms with Crippen LogP contribution in [0.2, 0.25) is 10.0 Å². The van der Waals surface area contributed by atoms with Gasteiger partial charge in [0, 0.05) is 17.4 Å². The highest BCUT2D eigenvalue weighted by Crippen LogP contribution is 2.30. The fourth-order valence-corrected chi connectivity index (χ4v) is 2.37. The van der Waals surface area contributed by atoms with E-state index < -0.39 is 23.4 Å². The van der Waals surface area contributed by atoms with Crippen LogP contribution in [0, 0.1) is 0 Å². The second kappa shape index (κ2) is 13.1. The lowest BCUT2D eigenvalue weighted by atomic mass is 10.2. The minimum absolute atomic E-state index is 0. The van der Waals surface area contributed by atoms with E-state index in [2.05, 4.69) is 20.6 Å². The van der Waals surface area contributed by atoms with Gasteiger partial charge in [0.2, 0.25) is 0 Å². The first-order valence-corrected chi connectivity index (χ1v) is 10.3. The highest BCUT2D eigenvalue weighted by molar-refractivity contribution is 6.32. The zero-order chi connectivity index (χ0) is 24.5. The summed E-state index contributed by atoms with van der Waals surface area (Å²) in [6.07, 6.45) is 1.83. The van der Waals surface area contributed by atoms with Gasteiger partial charge in [0.15, 0.2) is 11.6 Å². The van der Waals surface area contributed by atoms with E-state index in [0.29, 0.717) is 21.6 Å². The molecule has 0 radical (unpaired) electrons. The third kappa shape index (κ3) is 12.7. The average molecular weight is 503 g/mol. The molecule has 2 N–H and O–H groups in total. The van der Waals surface area contributed by atoms with Crippen molar-refractivity contribution in [3.63, 3.8) is 0 Å². The Morgan fingerprint density at radius 2 is 1.39 bits per heavy atom. The zero-order valence-corrected chi connectivity index (χ0v) is 20.6. The van der Waals surface area contributed by atoms with E-state index in [1.807, 2.05) is 0 Å². The fourth-order valence-electron chi connectivity index (χ4n) is 1.99. The van der Waals surface area contributed by atoms with Gasteiger partial charge in [-0.3, -0.25) is 10.6 Å². The number of carbonyl (C=O) groups excluding carboxylic acids is 2. The molecule has 0 saturated heterocycles. The molecular formula is C22H32Cl2N4O5. The molecule has 0 aliphatic rings. The van der Waals surface area contributed by atoms with Crippen molar-refractivity contribution in [2.75, 3.05) is 17.7 Å².